The average Bonchev–Trinajstić information content (AvgIpc) is 2.05. The van der Waals surface area contributed by atoms with Gasteiger partial charge in [-0.2, -0.15) is 0 Å². The number of carboxylic acid groups (broad SMARTS) is 1. The van der Waals surface area contributed by atoms with Gasteiger partial charge in [-0.1, -0.05) is 40.9 Å². The molecule has 0 saturated carbocycles. The summed E-state index contributed by atoms with van der Waals surface area (Å²) in [6.45, 7) is 0. The second-order valence-electron chi connectivity index (χ2n) is 1.77. The van der Waals surface area contributed by atoms with Crippen molar-refractivity contribution in [3.63, 3.8) is 0 Å². The first kappa shape index (κ1) is 12.5. The number of rotatable bonds is 1. The number of aromatic carboxylic acids is 1. The van der Waals surface area contributed by atoms with Gasteiger partial charge in [0.05, 0.1) is 0 Å². The van der Waals surface area contributed by atoms with Crippen molar-refractivity contribution in [2.45, 2.75) is 4.30 Å². The maximum absolute atomic E-state index is 10.1. The van der Waals surface area contributed by atoms with E-state index < -0.39 is 10.3 Å². The molecule has 0 aliphatic rings. The van der Waals surface area contributed by atoms with Gasteiger partial charge in [0.2, 0.25) is 0 Å². The monoisotopic (exact) mass is 241 g/mol. The Balaban J connectivity index is 0.000000310. The zero-order valence-electron chi connectivity index (χ0n) is 6.32. The maximum Gasteiger partial charge on any atom is 0.354 e. The fourth-order valence-electron chi connectivity index (χ4n) is 0.489. The van der Waals surface area contributed by atoms with Gasteiger partial charge in [-0.3, -0.25) is 0 Å². The fraction of sp³-hybridized carbons (Fsp3) is 0.143. The average molecular weight is 242 g/mol. The first-order valence-electron chi connectivity index (χ1n) is 3.10. The molecule has 0 atom stereocenters. The molecule has 3 nitrogen and oxygen atoms in total. The molecule has 1 N–H and O–H groups in total. The van der Waals surface area contributed by atoms with Gasteiger partial charge < -0.3 is 5.11 Å². The molecule has 0 unspecified atom stereocenters. The second-order valence-corrected chi connectivity index (χ2v) is 3.75. The van der Waals surface area contributed by atoms with E-state index in [9.17, 15) is 4.79 Å². The Morgan fingerprint density at radius 1 is 1.38 bits per heavy atom. The van der Waals surface area contributed by atoms with Crippen LogP contribution in [0.2, 0.25) is 0 Å². The number of carbonyl (C=O) groups is 1. The van der Waals surface area contributed by atoms with E-state index in [0.717, 1.165) is 0 Å². The van der Waals surface area contributed by atoms with Crippen molar-refractivity contribution in [3.05, 3.63) is 30.1 Å². The minimum absolute atomic E-state index is 0.0810. The van der Waals surface area contributed by atoms with Crippen LogP contribution in [0.1, 0.15) is 10.5 Å². The molecule has 0 radical (unpaired) electrons. The summed E-state index contributed by atoms with van der Waals surface area (Å²) >= 11 is 14.4. The molecule has 13 heavy (non-hydrogen) atoms. The summed E-state index contributed by atoms with van der Waals surface area (Å²) in [6.07, 6.45) is 1.45. The summed E-state index contributed by atoms with van der Waals surface area (Å²) in [5, 5.41) is 8.32. The molecule has 0 fully saturated rings. The van der Waals surface area contributed by atoms with E-state index >= 15 is 0 Å². The lowest BCUT2D eigenvalue weighted by atomic mass is 10.4. The molecule has 0 spiro atoms. The third kappa shape index (κ3) is 7.84. The maximum atomic E-state index is 10.1. The van der Waals surface area contributed by atoms with Gasteiger partial charge in [0.25, 0.3) is 0 Å². The summed E-state index contributed by atoms with van der Waals surface area (Å²) in [6, 6.07) is 4.76. The third-order valence-electron chi connectivity index (χ3n) is 0.884. The third-order valence-corrected chi connectivity index (χ3v) is 0.884. The Hall–Kier alpha value is -0.510. The van der Waals surface area contributed by atoms with E-state index in [1.807, 2.05) is 0 Å². The Morgan fingerprint density at radius 2 is 1.92 bits per heavy atom. The van der Waals surface area contributed by atoms with Crippen molar-refractivity contribution in [2.75, 3.05) is 0 Å². The number of aromatic nitrogens is 1. The first-order chi connectivity index (χ1) is 6.04. The number of hydrogen-bond donors (Lipinski definition) is 1. The van der Waals surface area contributed by atoms with Crippen molar-refractivity contribution in [2.24, 2.45) is 0 Å². The smallest absolute Gasteiger partial charge is 0.354 e. The van der Waals surface area contributed by atoms with E-state index in [4.69, 9.17) is 39.9 Å². The van der Waals surface area contributed by atoms with Gasteiger partial charge in [-0.05, 0) is 12.1 Å². The number of alkyl halides is 3. The van der Waals surface area contributed by atoms with E-state index in [0.29, 0.717) is 0 Å². The summed E-state index contributed by atoms with van der Waals surface area (Å²) < 4.78 is -0.750. The van der Waals surface area contributed by atoms with Gasteiger partial charge >= 0.3 is 5.97 Å². The van der Waals surface area contributed by atoms with E-state index in [-0.39, 0.29) is 5.69 Å². The zero-order chi connectivity index (χ0) is 10.3. The van der Waals surface area contributed by atoms with Crippen LogP contribution in [-0.4, -0.2) is 20.4 Å². The van der Waals surface area contributed by atoms with Crippen molar-refractivity contribution in [3.8, 4) is 0 Å². The normalized spacial score (nSPS) is 8.92. The highest BCUT2D eigenvalue weighted by Crippen LogP contribution is 2.03. The van der Waals surface area contributed by atoms with Crippen LogP contribution in [0.5, 0.6) is 0 Å². The summed E-state index contributed by atoms with van der Waals surface area (Å²) in [5.74, 6) is -0.990. The van der Waals surface area contributed by atoms with Gasteiger partial charge in [-0.15, -0.1) is 0 Å². The fourth-order valence-corrected chi connectivity index (χ4v) is 0.489. The molecule has 1 rings (SSSR count). The van der Waals surface area contributed by atoms with E-state index in [1.165, 1.54) is 12.3 Å². The summed E-state index contributed by atoms with van der Waals surface area (Å²) in [5.41, 5.74) is 0.0810. The Bertz CT molecular complexity index is 250. The van der Waals surface area contributed by atoms with Gasteiger partial charge in [0, 0.05) is 6.20 Å². The molecule has 1 aromatic heterocycles. The quantitative estimate of drug-likeness (QED) is 0.771. The number of nitrogens with zero attached hydrogens (tertiary/aromatic N) is 1. The van der Waals surface area contributed by atoms with Crippen LogP contribution in [0, 0.1) is 0 Å². The molecule has 6 heteroatoms. The molecule has 0 saturated heterocycles. The van der Waals surface area contributed by atoms with Crippen LogP contribution in [0.3, 0.4) is 0 Å². The first-order valence-corrected chi connectivity index (χ1v) is 4.41. The highest BCUT2D eigenvalue weighted by molar-refractivity contribution is 6.63. The van der Waals surface area contributed by atoms with Gasteiger partial charge in [-0.25, -0.2) is 9.78 Å². The molecule has 0 aromatic carbocycles. The number of hydrogen-bond acceptors (Lipinski definition) is 2. The van der Waals surface area contributed by atoms with Crippen molar-refractivity contribution < 1.29 is 9.90 Å². The van der Waals surface area contributed by atoms with Gasteiger partial charge in [0.15, 0.2) is 4.30 Å². The Morgan fingerprint density at radius 3 is 2.15 bits per heavy atom. The number of halogens is 3. The second kappa shape index (κ2) is 6.95. The lowest BCUT2D eigenvalue weighted by molar-refractivity contribution is 0.0690. The summed E-state index contributed by atoms with van der Waals surface area (Å²) in [7, 11) is 0. The predicted molar refractivity (Wildman–Crippen MR) is 52.5 cm³/mol. The van der Waals surface area contributed by atoms with Crippen molar-refractivity contribution in [1.82, 2.24) is 4.98 Å². The molecule has 0 bridgehead atoms. The lowest BCUT2D eigenvalue weighted by Crippen LogP contribution is -1.97. The molecular formula is C7H6Cl3NO2. The highest BCUT2D eigenvalue weighted by atomic mass is 35.6. The molecular weight excluding hydrogens is 236 g/mol. The standard InChI is InChI=1S/C6H5NO2.CHCl3/c8-6(9)5-3-1-2-4-7-5;2-1(3)4/h1-4H,(H,8,9);1H. The van der Waals surface area contributed by atoms with Gasteiger partial charge in [0.1, 0.15) is 5.69 Å². The predicted octanol–water partition coefficient (Wildman–Crippen LogP) is 2.77. The molecule has 1 aromatic rings. The molecule has 0 aliphatic heterocycles. The number of carboxylic acids is 1. The largest absolute Gasteiger partial charge is 0.477 e. The molecule has 1 heterocycles. The molecule has 0 aliphatic carbocycles. The van der Waals surface area contributed by atoms with E-state index in [1.54, 1.807) is 12.1 Å². The molecule has 0 amide bonds. The topological polar surface area (TPSA) is 50.2 Å². The van der Waals surface area contributed by atoms with Crippen molar-refractivity contribution >= 4 is 40.8 Å². The van der Waals surface area contributed by atoms with E-state index in [2.05, 4.69) is 4.98 Å². The SMILES string of the molecule is ClC(Cl)Cl.O=C(O)c1ccccn1. The van der Waals surface area contributed by atoms with Crippen LogP contribution in [0.4, 0.5) is 0 Å². The Labute approximate surface area is 90.3 Å². The highest BCUT2D eigenvalue weighted by Gasteiger charge is 1.98. The molecule has 72 valence electrons. The van der Waals surface area contributed by atoms with Crippen molar-refractivity contribution in [1.29, 1.82) is 0 Å². The summed E-state index contributed by atoms with van der Waals surface area (Å²) in [4.78, 5) is 13.7. The Kier molecular flexibility index (Phi) is 6.68. The van der Waals surface area contributed by atoms with Crippen LogP contribution in [-0.2, 0) is 0 Å². The zero-order valence-corrected chi connectivity index (χ0v) is 8.59. The number of pyridine rings is 1. The van der Waals surface area contributed by atoms with Crippen LogP contribution in [0.25, 0.3) is 0 Å². The van der Waals surface area contributed by atoms with Crippen LogP contribution >= 0.6 is 34.8 Å². The lowest BCUT2D eigenvalue weighted by Gasteiger charge is -1.87. The van der Waals surface area contributed by atoms with Crippen LogP contribution < -0.4 is 0 Å². The minimum Gasteiger partial charge on any atom is -0.477 e. The van der Waals surface area contributed by atoms with Crippen LogP contribution in [0.15, 0.2) is 24.4 Å². The minimum atomic E-state index is -0.990.